The van der Waals surface area contributed by atoms with Crippen molar-refractivity contribution >= 4 is 17.5 Å². The molecule has 6 heteroatoms. The zero-order valence-corrected chi connectivity index (χ0v) is 23.2. The minimum Gasteiger partial charge on any atom is -0.340 e. The lowest BCUT2D eigenvalue weighted by molar-refractivity contribution is -0.133. The number of piperazine rings is 1. The fourth-order valence-electron chi connectivity index (χ4n) is 5.24. The van der Waals surface area contributed by atoms with Crippen molar-refractivity contribution in [3.8, 4) is 0 Å². The monoisotopic (exact) mass is 504 g/mol. The van der Waals surface area contributed by atoms with Gasteiger partial charge in [0, 0.05) is 63.5 Å². The molecule has 2 aliphatic heterocycles. The average Bonchev–Trinajstić information content (AvgIpc) is 3.10. The van der Waals surface area contributed by atoms with Crippen molar-refractivity contribution in [1.29, 1.82) is 0 Å². The molecule has 0 aliphatic carbocycles. The molecular formula is C31H44N4O2. The van der Waals surface area contributed by atoms with E-state index in [9.17, 15) is 9.59 Å². The Labute approximate surface area is 223 Å². The van der Waals surface area contributed by atoms with Gasteiger partial charge in [-0.25, -0.2) is 0 Å². The summed E-state index contributed by atoms with van der Waals surface area (Å²) in [6, 6.07) is 14.2. The molecule has 200 valence electrons. The van der Waals surface area contributed by atoms with Crippen LogP contribution in [0.1, 0.15) is 67.1 Å². The van der Waals surface area contributed by atoms with Crippen LogP contribution in [0.4, 0.5) is 5.69 Å². The molecule has 0 atom stereocenters. The molecule has 0 unspecified atom stereocenters. The van der Waals surface area contributed by atoms with Crippen molar-refractivity contribution in [2.24, 2.45) is 5.41 Å². The Bertz CT molecular complexity index is 1080. The highest BCUT2D eigenvalue weighted by Crippen LogP contribution is 2.25. The molecule has 6 nitrogen and oxygen atoms in total. The van der Waals surface area contributed by atoms with Crippen molar-refractivity contribution in [3.63, 3.8) is 0 Å². The van der Waals surface area contributed by atoms with E-state index in [2.05, 4.69) is 50.0 Å². The van der Waals surface area contributed by atoms with Gasteiger partial charge in [-0.2, -0.15) is 0 Å². The van der Waals surface area contributed by atoms with Crippen LogP contribution in [0.15, 0.2) is 42.5 Å². The quantitative estimate of drug-likeness (QED) is 0.597. The van der Waals surface area contributed by atoms with E-state index in [1.165, 1.54) is 12.0 Å². The van der Waals surface area contributed by atoms with Gasteiger partial charge in [-0.1, -0.05) is 45.0 Å². The number of benzene rings is 2. The second-order valence-electron chi connectivity index (χ2n) is 11.8. The molecule has 0 saturated carbocycles. The Kier molecular flexibility index (Phi) is 9.04. The molecule has 1 fully saturated rings. The Hall–Kier alpha value is -2.70. The van der Waals surface area contributed by atoms with Crippen molar-refractivity contribution in [1.82, 2.24) is 15.1 Å². The van der Waals surface area contributed by atoms with Gasteiger partial charge in [0.25, 0.3) is 5.91 Å². The second kappa shape index (κ2) is 12.2. The molecule has 0 spiro atoms. The lowest BCUT2D eigenvalue weighted by atomic mass is 9.92. The SMILES string of the molecule is Cc1cc(C(=O)N2CCNCc3ccccc32)ccc1CCCC(=O)N1CCN(CCC(C)(C)C)CC1. The first-order chi connectivity index (χ1) is 17.7. The van der Waals surface area contributed by atoms with Crippen molar-refractivity contribution in [2.45, 2.75) is 59.9 Å². The van der Waals surface area contributed by atoms with Crippen LogP contribution in [0.3, 0.4) is 0 Å². The molecule has 1 N–H and O–H groups in total. The summed E-state index contributed by atoms with van der Waals surface area (Å²) < 4.78 is 0. The summed E-state index contributed by atoms with van der Waals surface area (Å²) in [7, 11) is 0. The maximum Gasteiger partial charge on any atom is 0.258 e. The number of rotatable bonds is 7. The molecule has 2 aromatic carbocycles. The highest BCUT2D eigenvalue weighted by Gasteiger charge is 2.24. The van der Waals surface area contributed by atoms with E-state index in [0.717, 1.165) is 81.0 Å². The van der Waals surface area contributed by atoms with E-state index in [1.54, 1.807) is 0 Å². The smallest absolute Gasteiger partial charge is 0.258 e. The van der Waals surface area contributed by atoms with Gasteiger partial charge in [0.05, 0.1) is 0 Å². The van der Waals surface area contributed by atoms with Gasteiger partial charge in [-0.05, 0) is 73.0 Å². The summed E-state index contributed by atoms with van der Waals surface area (Å²) in [5.41, 5.74) is 5.55. The first-order valence-electron chi connectivity index (χ1n) is 13.9. The third-order valence-corrected chi connectivity index (χ3v) is 7.68. The number of aryl methyl sites for hydroxylation is 2. The molecular weight excluding hydrogens is 460 g/mol. The first kappa shape index (κ1) is 27.3. The number of nitrogens with zero attached hydrogens (tertiary/aromatic N) is 3. The topological polar surface area (TPSA) is 55.9 Å². The van der Waals surface area contributed by atoms with Crippen LogP contribution in [0.5, 0.6) is 0 Å². The molecule has 2 aliphatic rings. The number of fused-ring (bicyclic) bond motifs is 1. The van der Waals surface area contributed by atoms with Gasteiger partial charge in [0.2, 0.25) is 5.91 Å². The van der Waals surface area contributed by atoms with Gasteiger partial charge >= 0.3 is 0 Å². The summed E-state index contributed by atoms with van der Waals surface area (Å²) >= 11 is 0. The average molecular weight is 505 g/mol. The standard InChI is InChI=1S/C31H44N4O2/c1-24-22-26(30(37)35-17-15-32-23-27-8-5-6-10-28(27)35)13-12-25(24)9-7-11-29(36)34-20-18-33(19-21-34)16-14-31(2,3)4/h5-6,8,10,12-13,22,32H,7,9,11,14-21,23H2,1-4H3. The summed E-state index contributed by atoms with van der Waals surface area (Å²) in [5, 5.41) is 3.40. The molecule has 37 heavy (non-hydrogen) atoms. The van der Waals surface area contributed by atoms with Crippen LogP contribution >= 0.6 is 0 Å². The number of carbonyl (C=O) groups is 2. The molecule has 2 amide bonds. The Morgan fingerprint density at radius 2 is 1.73 bits per heavy atom. The third kappa shape index (κ3) is 7.42. The Morgan fingerprint density at radius 1 is 0.973 bits per heavy atom. The summed E-state index contributed by atoms with van der Waals surface area (Å²) in [6.45, 7) is 15.9. The minimum absolute atomic E-state index is 0.0441. The van der Waals surface area contributed by atoms with Crippen LogP contribution in [0, 0.1) is 12.3 Å². The number of para-hydroxylation sites is 1. The third-order valence-electron chi connectivity index (χ3n) is 7.68. The molecule has 2 heterocycles. The van der Waals surface area contributed by atoms with E-state index in [-0.39, 0.29) is 11.8 Å². The largest absolute Gasteiger partial charge is 0.340 e. The highest BCUT2D eigenvalue weighted by atomic mass is 16.2. The normalized spacial score (nSPS) is 16.9. The van der Waals surface area contributed by atoms with Gasteiger partial charge < -0.3 is 15.1 Å². The van der Waals surface area contributed by atoms with Gasteiger partial charge in [-0.3, -0.25) is 14.5 Å². The van der Waals surface area contributed by atoms with E-state index in [4.69, 9.17) is 0 Å². The van der Waals surface area contributed by atoms with Crippen LogP contribution in [-0.2, 0) is 17.8 Å². The van der Waals surface area contributed by atoms with Crippen LogP contribution in [0.25, 0.3) is 0 Å². The lowest BCUT2D eigenvalue weighted by Gasteiger charge is -2.36. The number of anilines is 1. The summed E-state index contributed by atoms with van der Waals surface area (Å²) in [5.74, 6) is 0.316. The molecule has 0 radical (unpaired) electrons. The van der Waals surface area contributed by atoms with E-state index < -0.39 is 0 Å². The Balaban J connectivity index is 1.27. The molecule has 1 saturated heterocycles. The van der Waals surface area contributed by atoms with Crippen LogP contribution in [0.2, 0.25) is 0 Å². The predicted molar refractivity (Wildman–Crippen MR) is 151 cm³/mol. The van der Waals surface area contributed by atoms with Crippen molar-refractivity contribution in [2.75, 3.05) is 50.7 Å². The maximum absolute atomic E-state index is 13.4. The van der Waals surface area contributed by atoms with Crippen molar-refractivity contribution < 1.29 is 9.59 Å². The zero-order chi connectivity index (χ0) is 26.4. The number of amides is 2. The molecule has 0 bridgehead atoms. The lowest BCUT2D eigenvalue weighted by Crippen LogP contribution is -2.49. The van der Waals surface area contributed by atoms with Gasteiger partial charge in [0.15, 0.2) is 0 Å². The highest BCUT2D eigenvalue weighted by molar-refractivity contribution is 6.06. The maximum atomic E-state index is 13.4. The van der Waals surface area contributed by atoms with E-state index >= 15 is 0 Å². The van der Waals surface area contributed by atoms with Gasteiger partial charge in [-0.15, -0.1) is 0 Å². The molecule has 2 aromatic rings. The fraction of sp³-hybridized carbons (Fsp3) is 0.548. The number of hydrogen-bond acceptors (Lipinski definition) is 4. The predicted octanol–water partition coefficient (Wildman–Crippen LogP) is 4.65. The van der Waals surface area contributed by atoms with Crippen LogP contribution < -0.4 is 10.2 Å². The summed E-state index contributed by atoms with van der Waals surface area (Å²) in [6.07, 6.45) is 3.46. The minimum atomic E-state index is 0.0441. The fourth-order valence-corrected chi connectivity index (χ4v) is 5.24. The van der Waals surface area contributed by atoms with E-state index in [0.29, 0.717) is 18.4 Å². The first-order valence-corrected chi connectivity index (χ1v) is 13.9. The number of carbonyl (C=O) groups excluding carboxylic acids is 2. The van der Waals surface area contributed by atoms with Gasteiger partial charge in [0.1, 0.15) is 0 Å². The summed E-state index contributed by atoms with van der Waals surface area (Å²) in [4.78, 5) is 32.6. The number of hydrogen-bond donors (Lipinski definition) is 1. The Morgan fingerprint density at radius 3 is 2.46 bits per heavy atom. The van der Waals surface area contributed by atoms with Crippen LogP contribution in [-0.4, -0.2) is 67.4 Å². The van der Waals surface area contributed by atoms with Crippen molar-refractivity contribution in [3.05, 3.63) is 64.7 Å². The molecule has 0 aromatic heterocycles. The molecule has 4 rings (SSSR count). The zero-order valence-electron chi connectivity index (χ0n) is 23.2. The van der Waals surface area contributed by atoms with E-state index in [1.807, 2.05) is 40.1 Å². The number of nitrogens with one attached hydrogen (secondary N) is 1. The second-order valence-corrected chi connectivity index (χ2v) is 11.8.